The van der Waals surface area contributed by atoms with Crippen molar-refractivity contribution < 1.29 is 14.3 Å². The highest BCUT2D eigenvalue weighted by molar-refractivity contribution is 6.55. The molecule has 1 aromatic carbocycles. The molecule has 0 radical (unpaired) electrons. The number of hydrogen-bond acceptors (Lipinski definition) is 3. The molecule has 90 valence electrons. The first-order chi connectivity index (χ1) is 8.00. The molecule has 0 saturated carbocycles. The van der Waals surface area contributed by atoms with Gasteiger partial charge < -0.3 is 10.1 Å². The van der Waals surface area contributed by atoms with Crippen molar-refractivity contribution in [3.63, 3.8) is 0 Å². The van der Waals surface area contributed by atoms with Crippen LogP contribution in [-0.2, 0) is 4.79 Å². The van der Waals surface area contributed by atoms with Crippen LogP contribution < -0.4 is 10.1 Å². The standard InChI is InChI=1S/C11H9Cl2NO3/c1-7(15)17-9-5-3-2-4-8(9)11(16)14-6-10(12)13/h2-6H,1H3,(H,14,16). The first-order valence-electron chi connectivity index (χ1n) is 4.60. The topological polar surface area (TPSA) is 55.4 Å². The number of rotatable bonds is 3. The Balaban J connectivity index is 2.92. The Morgan fingerprint density at radius 2 is 1.94 bits per heavy atom. The van der Waals surface area contributed by atoms with Gasteiger partial charge in [-0.05, 0) is 12.1 Å². The van der Waals surface area contributed by atoms with E-state index in [0.717, 1.165) is 6.20 Å². The summed E-state index contributed by atoms with van der Waals surface area (Å²) in [4.78, 5) is 22.5. The molecule has 17 heavy (non-hydrogen) atoms. The monoisotopic (exact) mass is 273 g/mol. The number of esters is 1. The molecule has 1 N–H and O–H groups in total. The number of amides is 1. The lowest BCUT2D eigenvalue weighted by Gasteiger charge is -2.07. The van der Waals surface area contributed by atoms with E-state index < -0.39 is 11.9 Å². The summed E-state index contributed by atoms with van der Waals surface area (Å²) < 4.78 is 4.81. The summed E-state index contributed by atoms with van der Waals surface area (Å²) in [5, 5.41) is 2.36. The Morgan fingerprint density at radius 1 is 1.29 bits per heavy atom. The first kappa shape index (κ1) is 13.5. The maximum Gasteiger partial charge on any atom is 0.308 e. The Hall–Kier alpha value is -1.52. The molecule has 0 aromatic heterocycles. The minimum atomic E-state index is -0.504. The van der Waals surface area contributed by atoms with E-state index >= 15 is 0 Å². The maximum absolute atomic E-state index is 11.7. The number of halogens is 2. The molecule has 1 aromatic rings. The van der Waals surface area contributed by atoms with Crippen molar-refractivity contribution in [1.82, 2.24) is 5.32 Å². The van der Waals surface area contributed by atoms with E-state index in [1.807, 2.05) is 0 Å². The van der Waals surface area contributed by atoms with E-state index in [4.69, 9.17) is 27.9 Å². The highest BCUT2D eigenvalue weighted by Crippen LogP contribution is 2.18. The number of carbonyl (C=O) groups is 2. The lowest BCUT2D eigenvalue weighted by molar-refractivity contribution is -0.131. The number of para-hydroxylation sites is 1. The fourth-order valence-electron chi connectivity index (χ4n) is 1.10. The molecule has 6 heteroatoms. The molecule has 0 atom stereocenters. The van der Waals surface area contributed by atoms with Crippen LogP contribution in [0.4, 0.5) is 0 Å². The number of carbonyl (C=O) groups excluding carboxylic acids is 2. The van der Waals surface area contributed by atoms with Gasteiger partial charge in [0.2, 0.25) is 0 Å². The van der Waals surface area contributed by atoms with Crippen LogP contribution in [0.1, 0.15) is 17.3 Å². The quantitative estimate of drug-likeness (QED) is 0.681. The smallest absolute Gasteiger partial charge is 0.308 e. The molecular formula is C11H9Cl2NO3. The predicted octanol–water partition coefficient (Wildman–Crippen LogP) is 2.62. The van der Waals surface area contributed by atoms with E-state index in [1.54, 1.807) is 12.1 Å². The summed E-state index contributed by atoms with van der Waals surface area (Å²) in [5.41, 5.74) is 0.216. The highest BCUT2D eigenvalue weighted by atomic mass is 35.5. The number of hydrogen-bond donors (Lipinski definition) is 1. The zero-order chi connectivity index (χ0) is 12.8. The maximum atomic E-state index is 11.7. The third kappa shape index (κ3) is 4.46. The molecular weight excluding hydrogens is 265 g/mol. The second-order valence-corrected chi connectivity index (χ2v) is 4.01. The second kappa shape index (κ2) is 6.27. The molecule has 1 rings (SSSR count). The van der Waals surface area contributed by atoms with Gasteiger partial charge in [0.15, 0.2) is 0 Å². The van der Waals surface area contributed by atoms with Crippen LogP contribution in [0.3, 0.4) is 0 Å². The van der Waals surface area contributed by atoms with Crippen molar-refractivity contribution in [2.75, 3.05) is 0 Å². The Bertz CT molecular complexity index is 468. The summed E-state index contributed by atoms with van der Waals surface area (Å²) in [6, 6.07) is 6.33. The van der Waals surface area contributed by atoms with Crippen molar-refractivity contribution in [1.29, 1.82) is 0 Å². The average molecular weight is 274 g/mol. The van der Waals surface area contributed by atoms with Crippen LogP contribution in [0.15, 0.2) is 35.0 Å². The lowest BCUT2D eigenvalue weighted by atomic mass is 10.2. The molecule has 0 saturated heterocycles. The van der Waals surface area contributed by atoms with Gasteiger partial charge in [0.25, 0.3) is 5.91 Å². The summed E-state index contributed by atoms with van der Waals surface area (Å²) in [5.74, 6) is -0.798. The largest absolute Gasteiger partial charge is 0.426 e. The van der Waals surface area contributed by atoms with Crippen LogP contribution in [0.25, 0.3) is 0 Å². The molecule has 4 nitrogen and oxygen atoms in total. The second-order valence-electron chi connectivity index (χ2n) is 3.00. The highest BCUT2D eigenvalue weighted by Gasteiger charge is 2.12. The van der Waals surface area contributed by atoms with Crippen molar-refractivity contribution in [3.8, 4) is 5.75 Å². The van der Waals surface area contributed by atoms with E-state index in [1.165, 1.54) is 19.1 Å². The van der Waals surface area contributed by atoms with E-state index in [2.05, 4.69) is 5.32 Å². The van der Waals surface area contributed by atoms with Gasteiger partial charge in [0.05, 0.1) is 5.56 Å². The summed E-state index contributed by atoms with van der Waals surface area (Å²) >= 11 is 10.7. The van der Waals surface area contributed by atoms with Gasteiger partial charge in [-0.1, -0.05) is 35.3 Å². The SMILES string of the molecule is CC(=O)Oc1ccccc1C(=O)NC=C(Cl)Cl. The van der Waals surface area contributed by atoms with Crippen LogP contribution in [0.2, 0.25) is 0 Å². The van der Waals surface area contributed by atoms with Crippen molar-refractivity contribution in [2.45, 2.75) is 6.92 Å². The number of nitrogens with one attached hydrogen (secondary N) is 1. The minimum Gasteiger partial charge on any atom is -0.426 e. The van der Waals surface area contributed by atoms with Gasteiger partial charge in [0, 0.05) is 13.1 Å². The van der Waals surface area contributed by atoms with Crippen LogP contribution in [-0.4, -0.2) is 11.9 Å². The van der Waals surface area contributed by atoms with Crippen molar-refractivity contribution in [2.24, 2.45) is 0 Å². The van der Waals surface area contributed by atoms with Gasteiger partial charge in [-0.2, -0.15) is 0 Å². The van der Waals surface area contributed by atoms with Crippen molar-refractivity contribution >= 4 is 35.1 Å². The Labute approximate surface area is 108 Å². The summed E-state index contributed by atoms with van der Waals surface area (Å²) in [6.07, 6.45) is 1.13. The average Bonchev–Trinajstić information content (AvgIpc) is 2.25. The molecule has 0 aliphatic rings. The molecule has 0 aliphatic heterocycles. The fraction of sp³-hybridized carbons (Fsp3) is 0.0909. The number of benzene rings is 1. The van der Waals surface area contributed by atoms with Gasteiger partial charge in [-0.15, -0.1) is 0 Å². The Morgan fingerprint density at radius 3 is 2.53 bits per heavy atom. The van der Waals surface area contributed by atoms with Crippen LogP contribution in [0, 0.1) is 0 Å². The summed E-state index contributed by atoms with van der Waals surface area (Å²) in [6.45, 7) is 1.25. The first-order valence-corrected chi connectivity index (χ1v) is 5.36. The third-order valence-electron chi connectivity index (χ3n) is 1.70. The zero-order valence-corrected chi connectivity index (χ0v) is 10.4. The zero-order valence-electron chi connectivity index (χ0n) is 8.87. The van der Waals surface area contributed by atoms with Gasteiger partial charge >= 0.3 is 5.97 Å². The molecule has 1 amide bonds. The Kier molecular flexibility index (Phi) is 5.00. The third-order valence-corrected chi connectivity index (χ3v) is 1.92. The van der Waals surface area contributed by atoms with E-state index in [-0.39, 0.29) is 15.8 Å². The summed E-state index contributed by atoms with van der Waals surface area (Å²) in [7, 11) is 0. The lowest BCUT2D eigenvalue weighted by Crippen LogP contribution is -2.19. The van der Waals surface area contributed by atoms with Crippen LogP contribution >= 0.6 is 23.2 Å². The van der Waals surface area contributed by atoms with Gasteiger partial charge in [-0.25, -0.2) is 0 Å². The molecule has 0 heterocycles. The molecule has 0 fully saturated rings. The normalized spacial score (nSPS) is 9.35. The van der Waals surface area contributed by atoms with E-state index in [9.17, 15) is 9.59 Å². The van der Waals surface area contributed by atoms with E-state index in [0.29, 0.717) is 0 Å². The van der Waals surface area contributed by atoms with Gasteiger partial charge in [-0.3, -0.25) is 9.59 Å². The molecule has 0 spiro atoms. The minimum absolute atomic E-state index is 0.0803. The predicted molar refractivity (Wildman–Crippen MR) is 65.0 cm³/mol. The molecule has 0 aliphatic carbocycles. The fourth-order valence-corrected chi connectivity index (χ4v) is 1.21. The molecule has 0 bridgehead atoms. The van der Waals surface area contributed by atoms with Gasteiger partial charge in [0.1, 0.15) is 10.2 Å². The van der Waals surface area contributed by atoms with Crippen molar-refractivity contribution in [3.05, 3.63) is 40.5 Å². The molecule has 0 unspecified atom stereocenters. The van der Waals surface area contributed by atoms with Crippen LogP contribution in [0.5, 0.6) is 5.75 Å². The number of ether oxygens (including phenoxy) is 1.